The lowest BCUT2D eigenvalue weighted by molar-refractivity contribution is 0.415. The fraction of sp³-hybridized carbons (Fsp3) is 0.0312. The molecule has 0 bridgehead atoms. The van der Waals surface area contributed by atoms with Crippen LogP contribution in [0.4, 0.5) is 0 Å². The average molecular weight is 510 g/mol. The topological polar surface area (TPSA) is 77.7 Å². The van der Waals surface area contributed by atoms with E-state index < -0.39 is 0 Å². The summed E-state index contributed by atoms with van der Waals surface area (Å²) >= 11 is 0. The maximum absolute atomic E-state index is 13.8. The highest BCUT2D eigenvalue weighted by Crippen LogP contribution is 2.38. The van der Waals surface area contributed by atoms with Crippen molar-refractivity contribution in [3.8, 4) is 39.6 Å². The summed E-state index contributed by atoms with van der Waals surface area (Å²) in [5.41, 5.74) is 5.99. The molecule has 3 heterocycles. The monoisotopic (exact) mass is 509 g/mol. The van der Waals surface area contributed by atoms with Crippen LogP contribution in [0.15, 0.2) is 120 Å². The third kappa shape index (κ3) is 3.79. The van der Waals surface area contributed by atoms with E-state index in [2.05, 4.69) is 4.98 Å². The molecule has 0 unspecified atom stereocenters. The Morgan fingerprint density at radius 1 is 0.769 bits per heavy atom. The van der Waals surface area contributed by atoms with E-state index in [0.717, 1.165) is 33.6 Å². The number of nitrogens with one attached hydrogen (secondary N) is 1. The van der Waals surface area contributed by atoms with E-state index in [0.29, 0.717) is 27.9 Å². The van der Waals surface area contributed by atoms with Gasteiger partial charge in [0.1, 0.15) is 17.0 Å². The molecule has 0 aliphatic carbocycles. The zero-order valence-corrected chi connectivity index (χ0v) is 21.1. The van der Waals surface area contributed by atoms with Crippen LogP contribution in [-0.4, -0.2) is 31.7 Å². The molecule has 0 amide bonds. The molecule has 0 spiro atoms. The highest BCUT2D eigenvalue weighted by atomic mass is 16.5. The number of ether oxygens (including phenoxy) is 1. The minimum absolute atomic E-state index is 0.227. The van der Waals surface area contributed by atoms with Crippen molar-refractivity contribution in [1.29, 1.82) is 0 Å². The highest BCUT2D eigenvalue weighted by Gasteiger charge is 2.25. The van der Waals surface area contributed by atoms with E-state index >= 15 is 0 Å². The van der Waals surface area contributed by atoms with Gasteiger partial charge in [0.15, 0.2) is 0 Å². The minimum atomic E-state index is -0.227. The van der Waals surface area contributed by atoms with Gasteiger partial charge in [-0.25, -0.2) is 9.36 Å². The highest BCUT2D eigenvalue weighted by molar-refractivity contribution is 6.09. The van der Waals surface area contributed by atoms with Gasteiger partial charge in [0.2, 0.25) is 0 Å². The van der Waals surface area contributed by atoms with Crippen molar-refractivity contribution in [2.75, 3.05) is 7.11 Å². The van der Waals surface area contributed by atoms with Crippen LogP contribution in [0.2, 0.25) is 0 Å². The average Bonchev–Trinajstić information content (AvgIpc) is 3.61. The SMILES string of the molecule is COc1ccc2c(c1)[nH]c(=O)c1c(-c3cn(-c4ccccc4)nc3-c3ccccc3)n(-c3ccccc3)nc12. The molecule has 0 atom stereocenters. The summed E-state index contributed by atoms with van der Waals surface area (Å²) in [6.07, 6.45) is 1.98. The van der Waals surface area contributed by atoms with Crippen LogP contribution in [0.3, 0.4) is 0 Å². The third-order valence-corrected chi connectivity index (χ3v) is 6.88. The maximum Gasteiger partial charge on any atom is 0.260 e. The normalized spacial score (nSPS) is 11.3. The molecule has 7 nitrogen and oxygen atoms in total. The van der Waals surface area contributed by atoms with E-state index in [1.54, 1.807) is 7.11 Å². The Balaban J connectivity index is 1.61. The number of benzene rings is 4. The Bertz CT molecular complexity index is 2010. The first-order valence-corrected chi connectivity index (χ1v) is 12.6. The Hall–Kier alpha value is -5.43. The zero-order valence-electron chi connectivity index (χ0n) is 21.1. The molecule has 1 N–H and O–H groups in total. The van der Waals surface area contributed by atoms with Gasteiger partial charge < -0.3 is 9.72 Å². The van der Waals surface area contributed by atoms with Crippen LogP contribution in [0, 0.1) is 0 Å². The Labute approximate surface area is 223 Å². The van der Waals surface area contributed by atoms with E-state index in [-0.39, 0.29) is 5.56 Å². The lowest BCUT2D eigenvalue weighted by Crippen LogP contribution is -2.07. The molecule has 7 rings (SSSR count). The molecule has 4 aromatic carbocycles. The number of pyridine rings is 1. The van der Waals surface area contributed by atoms with E-state index in [4.69, 9.17) is 14.9 Å². The Morgan fingerprint density at radius 2 is 1.44 bits per heavy atom. The molecule has 0 radical (unpaired) electrons. The number of aromatic amines is 1. The summed E-state index contributed by atoms with van der Waals surface area (Å²) in [6, 6.07) is 35.4. The molecule has 0 aliphatic heterocycles. The first kappa shape index (κ1) is 22.7. The summed E-state index contributed by atoms with van der Waals surface area (Å²) in [4.78, 5) is 16.8. The first-order valence-electron chi connectivity index (χ1n) is 12.6. The molecule has 0 saturated heterocycles. The van der Waals surface area contributed by atoms with Crippen LogP contribution in [0.5, 0.6) is 5.75 Å². The second-order valence-electron chi connectivity index (χ2n) is 9.22. The van der Waals surface area contributed by atoms with Gasteiger partial charge in [0.25, 0.3) is 5.56 Å². The molecule has 0 fully saturated rings. The van der Waals surface area contributed by atoms with Gasteiger partial charge in [-0.15, -0.1) is 0 Å². The quantitative estimate of drug-likeness (QED) is 0.291. The molecule has 188 valence electrons. The Kier molecular flexibility index (Phi) is 5.33. The summed E-state index contributed by atoms with van der Waals surface area (Å²) in [6.45, 7) is 0. The predicted molar refractivity (Wildman–Crippen MR) is 154 cm³/mol. The van der Waals surface area contributed by atoms with Crippen molar-refractivity contribution in [2.45, 2.75) is 0 Å². The molecule has 7 aromatic rings. The number of aromatic nitrogens is 5. The van der Waals surface area contributed by atoms with Gasteiger partial charge in [-0.2, -0.15) is 10.2 Å². The van der Waals surface area contributed by atoms with Gasteiger partial charge >= 0.3 is 0 Å². The van der Waals surface area contributed by atoms with Crippen molar-refractivity contribution < 1.29 is 4.74 Å². The van der Waals surface area contributed by atoms with Gasteiger partial charge in [-0.1, -0.05) is 66.7 Å². The van der Waals surface area contributed by atoms with E-state index in [1.165, 1.54) is 0 Å². The van der Waals surface area contributed by atoms with Gasteiger partial charge in [0.05, 0.1) is 35.1 Å². The summed E-state index contributed by atoms with van der Waals surface area (Å²) in [5.74, 6) is 0.663. The van der Waals surface area contributed by atoms with Crippen LogP contribution < -0.4 is 10.3 Å². The second-order valence-corrected chi connectivity index (χ2v) is 9.22. The van der Waals surface area contributed by atoms with Crippen LogP contribution in [0.25, 0.3) is 55.7 Å². The molecule has 0 aliphatic rings. The number of para-hydroxylation sites is 2. The maximum atomic E-state index is 13.8. The minimum Gasteiger partial charge on any atom is -0.497 e. The molecule has 39 heavy (non-hydrogen) atoms. The molecule has 0 saturated carbocycles. The van der Waals surface area contributed by atoms with Crippen molar-refractivity contribution >= 4 is 21.8 Å². The number of nitrogens with zero attached hydrogens (tertiary/aromatic N) is 4. The van der Waals surface area contributed by atoms with Crippen molar-refractivity contribution in [3.63, 3.8) is 0 Å². The first-order chi connectivity index (χ1) is 19.2. The lowest BCUT2D eigenvalue weighted by atomic mass is 10.0. The van der Waals surface area contributed by atoms with Gasteiger partial charge in [-0.05, 0) is 36.4 Å². The largest absolute Gasteiger partial charge is 0.497 e. The molecular formula is C32H23N5O2. The number of fused-ring (bicyclic) bond motifs is 3. The molecular weight excluding hydrogens is 486 g/mol. The van der Waals surface area contributed by atoms with Crippen LogP contribution >= 0.6 is 0 Å². The van der Waals surface area contributed by atoms with Crippen molar-refractivity contribution in [1.82, 2.24) is 24.5 Å². The molecule has 7 heteroatoms. The predicted octanol–water partition coefficient (Wildman–Crippen LogP) is 6.40. The van der Waals surface area contributed by atoms with Crippen LogP contribution in [0.1, 0.15) is 0 Å². The Morgan fingerprint density at radius 3 is 2.13 bits per heavy atom. The summed E-state index contributed by atoms with van der Waals surface area (Å²) < 4.78 is 9.10. The summed E-state index contributed by atoms with van der Waals surface area (Å²) in [5, 5.41) is 11.4. The van der Waals surface area contributed by atoms with Crippen LogP contribution in [-0.2, 0) is 0 Å². The summed E-state index contributed by atoms with van der Waals surface area (Å²) in [7, 11) is 1.61. The molecule has 3 aromatic heterocycles. The number of H-pyrrole nitrogens is 1. The van der Waals surface area contributed by atoms with Crippen molar-refractivity contribution in [3.05, 3.63) is 126 Å². The smallest absolute Gasteiger partial charge is 0.260 e. The number of hydrogen-bond acceptors (Lipinski definition) is 4. The number of methoxy groups -OCH3 is 1. The van der Waals surface area contributed by atoms with Gasteiger partial charge in [0, 0.05) is 28.8 Å². The number of hydrogen-bond donors (Lipinski definition) is 1. The van der Waals surface area contributed by atoms with E-state index in [9.17, 15) is 4.79 Å². The fourth-order valence-electron chi connectivity index (χ4n) is 5.04. The lowest BCUT2D eigenvalue weighted by Gasteiger charge is -2.08. The third-order valence-electron chi connectivity index (χ3n) is 6.88. The number of rotatable bonds is 5. The van der Waals surface area contributed by atoms with Gasteiger partial charge in [-0.3, -0.25) is 4.79 Å². The van der Waals surface area contributed by atoms with Crippen molar-refractivity contribution in [2.24, 2.45) is 0 Å². The zero-order chi connectivity index (χ0) is 26.3. The standard InChI is InChI=1S/C32H23N5O2/c1-39-24-17-18-25-27(19-24)33-32(38)28-30(25)35-37(23-15-9-4-10-16-23)31(28)26-20-36(22-13-7-3-8-14-22)34-29(26)21-11-5-2-6-12-21/h2-20H,1H3,(H,33,38). The second kappa shape index (κ2) is 9.15. The van der Waals surface area contributed by atoms with E-state index in [1.807, 2.05) is 125 Å². The fourth-order valence-corrected chi connectivity index (χ4v) is 5.04.